The van der Waals surface area contributed by atoms with Crippen molar-refractivity contribution in [2.45, 2.75) is 5.92 Å². The van der Waals surface area contributed by atoms with Crippen LogP contribution in [0.3, 0.4) is 0 Å². The molecule has 0 fully saturated rings. The second-order valence-electron chi connectivity index (χ2n) is 3.91. The van der Waals surface area contributed by atoms with Crippen molar-refractivity contribution < 1.29 is 13.6 Å². The van der Waals surface area contributed by atoms with Crippen LogP contribution in [-0.4, -0.2) is 29.9 Å². The predicted molar refractivity (Wildman–Crippen MR) is 94.0 cm³/mol. The molecule has 0 saturated heterocycles. The number of nitrogens with one attached hydrogen (secondary N) is 1. The van der Waals surface area contributed by atoms with Gasteiger partial charge in [-0.25, -0.2) is 13.8 Å². The summed E-state index contributed by atoms with van der Waals surface area (Å²) in [6, 6.07) is 1.88. The van der Waals surface area contributed by atoms with Crippen LogP contribution in [-0.2, 0) is 0 Å². The van der Waals surface area contributed by atoms with Crippen LogP contribution >= 0.6 is 63.4 Å². The molecular weight excluding hydrogens is 443 g/mol. The fraction of sp³-hybridized carbons (Fsp3) is 0.273. The molecule has 0 saturated carbocycles. The zero-order chi connectivity index (χ0) is 14.8. The molecule has 0 unspecified atom stereocenters. The van der Waals surface area contributed by atoms with E-state index in [1.165, 1.54) is 22.7 Å². The van der Waals surface area contributed by atoms with E-state index in [4.69, 9.17) is 5.73 Å². The maximum Gasteiger partial charge on any atom is 0.277 e. The zero-order valence-electron chi connectivity index (χ0n) is 10.8. The quantitative estimate of drug-likeness (QED) is 0.721. The summed E-state index contributed by atoms with van der Waals surface area (Å²) >= 11 is 6.10. The minimum Gasteiger partial charge on any atom is -0.345 e. The van der Waals surface area contributed by atoms with Gasteiger partial charge in [0.2, 0.25) is 0 Å². The standard InChI is InChI=1S/C11H10BrF2N3OS2.2ClH/c12-6-1-8(19-2-6)10-17-7(3-20-10)9(18)16-5-11(13,14)4-15;;/h1-3H,4-5,15H2,(H,16,18);2*1H. The number of carbonyl (C=O) groups excluding carboxylic acids is 1. The molecule has 0 radical (unpaired) electrons. The van der Waals surface area contributed by atoms with Gasteiger partial charge in [-0.15, -0.1) is 47.5 Å². The topological polar surface area (TPSA) is 68.0 Å². The van der Waals surface area contributed by atoms with E-state index < -0.39 is 24.9 Å². The number of carbonyl (C=O) groups is 1. The fourth-order valence-corrected chi connectivity index (χ4v) is 3.60. The van der Waals surface area contributed by atoms with Crippen molar-refractivity contribution in [3.05, 3.63) is 27.0 Å². The first-order valence-corrected chi connectivity index (χ1v) is 8.02. The highest BCUT2D eigenvalue weighted by Gasteiger charge is 2.27. The van der Waals surface area contributed by atoms with Crippen molar-refractivity contribution in [1.82, 2.24) is 10.3 Å². The van der Waals surface area contributed by atoms with Gasteiger partial charge >= 0.3 is 0 Å². The van der Waals surface area contributed by atoms with Gasteiger partial charge in [-0.1, -0.05) is 0 Å². The average molecular weight is 455 g/mol. The number of thiazole rings is 1. The predicted octanol–water partition coefficient (Wildman–Crippen LogP) is 3.80. The molecule has 2 aromatic heterocycles. The second kappa shape index (κ2) is 9.09. The summed E-state index contributed by atoms with van der Waals surface area (Å²) in [5, 5.41) is 6.25. The highest BCUT2D eigenvalue weighted by Crippen LogP contribution is 2.31. The van der Waals surface area contributed by atoms with Gasteiger partial charge in [0.25, 0.3) is 11.8 Å². The summed E-state index contributed by atoms with van der Waals surface area (Å²) in [7, 11) is 0. The minimum atomic E-state index is -3.10. The number of hydrogen-bond donors (Lipinski definition) is 2. The third-order valence-corrected chi connectivity index (χ3v) is 5.02. The van der Waals surface area contributed by atoms with Gasteiger partial charge in [0.15, 0.2) is 0 Å². The fourth-order valence-electron chi connectivity index (χ4n) is 1.29. The third-order valence-electron chi connectivity index (χ3n) is 2.32. The molecule has 0 bridgehead atoms. The molecule has 4 nitrogen and oxygen atoms in total. The molecule has 0 aliphatic heterocycles. The Morgan fingerprint density at radius 3 is 2.59 bits per heavy atom. The number of thiophene rings is 1. The van der Waals surface area contributed by atoms with Crippen LogP contribution in [0.1, 0.15) is 10.5 Å². The molecule has 2 aromatic rings. The second-order valence-corrected chi connectivity index (χ2v) is 6.59. The van der Waals surface area contributed by atoms with Crippen molar-refractivity contribution >= 4 is 69.3 Å². The number of rotatable bonds is 5. The maximum atomic E-state index is 12.9. The lowest BCUT2D eigenvalue weighted by Gasteiger charge is -2.13. The summed E-state index contributed by atoms with van der Waals surface area (Å²) in [5.74, 6) is -3.73. The van der Waals surface area contributed by atoms with Gasteiger partial charge in [-0.05, 0) is 22.0 Å². The van der Waals surface area contributed by atoms with Crippen LogP contribution in [0, 0.1) is 0 Å². The minimum absolute atomic E-state index is 0. The first-order chi connectivity index (χ1) is 9.41. The number of nitrogens with two attached hydrogens (primary N) is 1. The Bertz CT molecular complexity index is 624. The van der Waals surface area contributed by atoms with Gasteiger partial charge in [0.05, 0.1) is 18.0 Å². The molecular formula is C11H12BrCl2F2N3OS2. The number of hydrogen-bond acceptors (Lipinski definition) is 5. The van der Waals surface area contributed by atoms with Crippen molar-refractivity contribution in [1.29, 1.82) is 0 Å². The number of halogens is 5. The first kappa shape index (κ1) is 21.7. The summed E-state index contributed by atoms with van der Waals surface area (Å²) in [4.78, 5) is 16.8. The van der Waals surface area contributed by atoms with E-state index in [9.17, 15) is 13.6 Å². The Balaban J connectivity index is 0.00000220. The smallest absolute Gasteiger partial charge is 0.277 e. The summed E-state index contributed by atoms with van der Waals surface area (Å²) < 4.78 is 26.8. The average Bonchev–Trinajstić information content (AvgIpc) is 3.04. The number of aromatic nitrogens is 1. The maximum absolute atomic E-state index is 12.9. The van der Waals surface area contributed by atoms with Crippen LogP contribution in [0.5, 0.6) is 0 Å². The van der Waals surface area contributed by atoms with Crippen LogP contribution in [0.4, 0.5) is 8.78 Å². The van der Waals surface area contributed by atoms with Crippen LogP contribution in [0.15, 0.2) is 21.3 Å². The highest BCUT2D eigenvalue weighted by atomic mass is 79.9. The Morgan fingerprint density at radius 2 is 2.05 bits per heavy atom. The molecule has 22 heavy (non-hydrogen) atoms. The lowest BCUT2D eigenvalue weighted by atomic mass is 10.3. The van der Waals surface area contributed by atoms with E-state index in [0.717, 1.165) is 9.35 Å². The molecule has 0 aromatic carbocycles. The number of alkyl halides is 2. The van der Waals surface area contributed by atoms with E-state index in [1.54, 1.807) is 5.38 Å². The Hall–Kier alpha value is -0.320. The summed E-state index contributed by atoms with van der Waals surface area (Å²) in [6.07, 6.45) is 0. The molecule has 11 heteroatoms. The number of amides is 1. The lowest BCUT2D eigenvalue weighted by Crippen LogP contribution is -2.41. The van der Waals surface area contributed by atoms with Crippen molar-refractivity contribution in [3.8, 4) is 9.88 Å². The molecule has 124 valence electrons. The van der Waals surface area contributed by atoms with E-state index in [2.05, 4.69) is 26.2 Å². The molecule has 0 aliphatic carbocycles. The van der Waals surface area contributed by atoms with Gasteiger partial charge in [0.1, 0.15) is 10.7 Å². The third kappa shape index (κ3) is 5.71. The normalized spacial score (nSPS) is 10.5. The van der Waals surface area contributed by atoms with Gasteiger partial charge in [0, 0.05) is 15.2 Å². The van der Waals surface area contributed by atoms with Gasteiger partial charge in [-0.2, -0.15) is 0 Å². The van der Waals surface area contributed by atoms with Crippen molar-refractivity contribution in [3.63, 3.8) is 0 Å². The van der Waals surface area contributed by atoms with Crippen LogP contribution < -0.4 is 11.1 Å². The van der Waals surface area contributed by atoms with Crippen molar-refractivity contribution in [2.75, 3.05) is 13.1 Å². The number of nitrogens with zero attached hydrogens (tertiary/aromatic N) is 1. The molecule has 1 amide bonds. The SMILES string of the molecule is Cl.Cl.NCC(F)(F)CNC(=O)c1csc(-c2cc(Br)cs2)n1. The van der Waals surface area contributed by atoms with E-state index >= 15 is 0 Å². The molecule has 0 atom stereocenters. The van der Waals surface area contributed by atoms with E-state index in [0.29, 0.717) is 5.01 Å². The van der Waals surface area contributed by atoms with Gasteiger partial charge < -0.3 is 11.1 Å². The zero-order valence-corrected chi connectivity index (χ0v) is 15.7. The monoisotopic (exact) mass is 453 g/mol. The Kier molecular flexibility index (Phi) is 8.96. The van der Waals surface area contributed by atoms with Crippen molar-refractivity contribution in [2.24, 2.45) is 5.73 Å². The van der Waals surface area contributed by atoms with Crippen LogP contribution in [0.25, 0.3) is 9.88 Å². The Morgan fingerprint density at radius 1 is 1.36 bits per heavy atom. The van der Waals surface area contributed by atoms with E-state index in [-0.39, 0.29) is 30.5 Å². The molecule has 0 spiro atoms. The van der Waals surface area contributed by atoms with Crippen LogP contribution in [0.2, 0.25) is 0 Å². The highest BCUT2D eigenvalue weighted by molar-refractivity contribution is 9.10. The molecule has 0 aliphatic rings. The molecule has 2 rings (SSSR count). The molecule has 2 heterocycles. The lowest BCUT2D eigenvalue weighted by molar-refractivity contribution is 0.0118. The van der Waals surface area contributed by atoms with E-state index in [1.807, 2.05) is 11.4 Å². The summed E-state index contributed by atoms with van der Waals surface area (Å²) in [6.45, 7) is -1.60. The molecule has 3 N–H and O–H groups in total. The Labute approximate surface area is 154 Å². The largest absolute Gasteiger partial charge is 0.345 e. The first-order valence-electron chi connectivity index (χ1n) is 5.47. The summed E-state index contributed by atoms with van der Waals surface area (Å²) in [5.41, 5.74) is 5.02. The van der Waals surface area contributed by atoms with Gasteiger partial charge in [-0.3, -0.25) is 4.79 Å².